The van der Waals surface area contributed by atoms with Crippen LogP contribution in [-0.2, 0) is 30.7 Å². The minimum atomic E-state index is -0.317. The Labute approximate surface area is 145 Å². The van der Waals surface area contributed by atoms with Gasteiger partial charge in [0.1, 0.15) is 0 Å². The van der Waals surface area contributed by atoms with E-state index in [1.54, 1.807) is 6.07 Å². The molecule has 0 saturated heterocycles. The van der Waals surface area contributed by atoms with Crippen molar-refractivity contribution in [2.24, 2.45) is 0 Å². The Bertz CT molecular complexity index is 928. The van der Waals surface area contributed by atoms with E-state index in [0.29, 0.717) is 18.0 Å². The van der Waals surface area contributed by atoms with Crippen LogP contribution in [0, 0.1) is 0 Å². The predicted octanol–water partition coefficient (Wildman–Crippen LogP) is 2.46. The van der Waals surface area contributed by atoms with E-state index >= 15 is 0 Å². The first kappa shape index (κ1) is 15.8. The van der Waals surface area contributed by atoms with E-state index in [0.717, 1.165) is 42.7 Å². The number of aromatic amines is 1. The van der Waals surface area contributed by atoms with Gasteiger partial charge in [-0.2, -0.15) is 4.98 Å². The third kappa shape index (κ3) is 2.91. The number of benzene rings is 1. The molecular formula is C18H20N4O3. The fraction of sp³-hybridized carbons (Fsp3) is 0.389. The number of ether oxygens (including phenoxy) is 1. The van der Waals surface area contributed by atoms with E-state index in [9.17, 15) is 4.79 Å². The Morgan fingerprint density at radius 3 is 3.08 bits per heavy atom. The molecule has 0 amide bonds. The summed E-state index contributed by atoms with van der Waals surface area (Å²) < 4.78 is 10.1. The lowest BCUT2D eigenvalue weighted by Gasteiger charge is -2.25. The van der Waals surface area contributed by atoms with Crippen LogP contribution in [-0.4, -0.2) is 39.6 Å². The van der Waals surface area contributed by atoms with Crippen molar-refractivity contribution in [2.45, 2.75) is 32.9 Å². The van der Waals surface area contributed by atoms with Crippen molar-refractivity contribution in [3.05, 3.63) is 46.7 Å². The van der Waals surface area contributed by atoms with Gasteiger partial charge in [-0.3, -0.25) is 4.90 Å². The van der Waals surface area contributed by atoms with Gasteiger partial charge in [0.25, 0.3) is 0 Å². The number of methoxy groups -OCH3 is 1. The molecule has 1 N–H and O–H groups in total. The van der Waals surface area contributed by atoms with E-state index in [1.165, 1.54) is 18.4 Å². The van der Waals surface area contributed by atoms with Crippen LogP contribution in [0.5, 0.6) is 0 Å². The van der Waals surface area contributed by atoms with Crippen molar-refractivity contribution in [2.75, 3.05) is 13.7 Å². The minimum absolute atomic E-state index is 0.317. The molecule has 0 saturated carbocycles. The second kappa shape index (κ2) is 6.33. The quantitative estimate of drug-likeness (QED) is 0.735. The molecule has 0 radical (unpaired) electrons. The Morgan fingerprint density at radius 2 is 2.32 bits per heavy atom. The van der Waals surface area contributed by atoms with Crippen LogP contribution in [0.25, 0.3) is 10.9 Å². The largest absolute Gasteiger partial charge is 0.465 e. The third-order valence-corrected chi connectivity index (χ3v) is 4.66. The highest BCUT2D eigenvalue weighted by Gasteiger charge is 2.23. The molecule has 4 rings (SSSR count). The molecule has 7 heteroatoms. The molecule has 1 aromatic carbocycles. The highest BCUT2D eigenvalue weighted by molar-refractivity contribution is 5.96. The van der Waals surface area contributed by atoms with Crippen LogP contribution in [0.15, 0.2) is 22.7 Å². The first-order valence-electron chi connectivity index (χ1n) is 8.43. The number of carbonyl (C=O) groups excluding carboxylic acids is 1. The normalized spacial score (nSPS) is 14.6. The summed E-state index contributed by atoms with van der Waals surface area (Å²) in [6.45, 7) is 4.35. The van der Waals surface area contributed by atoms with E-state index in [2.05, 4.69) is 20.0 Å². The zero-order chi connectivity index (χ0) is 17.4. The van der Waals surface area contributed by atoms with Gasteiger partial charge in [0, 0.05) is 42.5 Å². The van der Waals surface area contributed by atoms with E-state index < -0.39 is 0 Å². The van der Waals surface area contributed by atoms with Crippen molar-refractivity contribution >= 4 is 16.9 Å². The van der Waals surface area contributed by atoms with Crippen molar-refractivity contribution < 1.29 is 14.1 Å². The van der Waals surface area contributed by atoms with Crippen LogP contribution < -0.4 is 0 Å². The van der Waals surface area contributed by atoms with E-state index in [-0.39, 0.29) is 5.97 Å². The highest BCUT2D eigenvalue weighted by atomic mass is 16.5. The number of nitrogens with zero attached hydrogens (tertiary/aromatic N) is 3. The number of hydrogen-bond donors (Lipinski definition) is 1. The summed E-state index contributed by atoms with van der Waals surface area (Å²) in [6, 6.07) is 5.64. The molecule has 25 heavy (non-hydrogen) atoms. The molecule has 1 aliphatic rings. The third-order valence-electron chi connectivity index (χ3n) is 4.66. The van der Waals surface area contributed by atoms with E-state index in [4.69, 9.17) is 9.26 Å². The molecule has 0 atom stereocenters. The smallest absolute Gasteiger partial charge is 0.337 e. The fourth-order valence-electron chi connectivity index (χ4n) is 3.34. The summed E-state index contributed by atoms with van der Waals surface area (Å²) in [5.41, 5.74) is 4.07. The number of carbonyl (C=O) groups is 1. The van der Waals surface area contributed by atoms with Gasteiger partial charge in [0.2, 0.25) is 5.89 Å². The van der Waals surface area contributed by atoms with Crippen molar-refractivity contribution in [3.8, 4) is 0 Å². The van der Waals surface area contributed by atoms with Crippen molar-refractivity contribution in [1.82, 2.24) is 20.0 Å². The van der Waals surface area contributed by atoms with Gasteiger partial charge < -0.3 is 14.2 Å². The van der Waals surface area contributed by atoms with Gasteiger partial charge >= 0.3 is 5.97 Å². The zero-order valence-corrected chi connectivity index (χ0v) is 14.3. The lowest BCUT2D eigenvalue weighted by atomic mass is 10.0. The van der Waals surface area contributed by atoms with Crippen molar-refractivity contribution in [1.29, 1.82) is 0 Å². The molecule has 7 nitrogen and oxygen atoms in total. The van der Waals surface area contributed by atoms with Gasteiger partial charge in [0.05, 0.1) is 19.2 Å². The summed E-state index contributed by atoms with van der Waals surface area (Å²) in [4.78, 5) is 22.0. The second-order valence-corrected chi connectivity index (χ2v) is 6.25. The molecule has 1 aliphatic heterocycles. The Morgan fingerprint density at radius 1 is 1.44 bits per heavy atom. The Kier molecular flexibility index (Phi) is 4.01. The maximum absolute atomic E-state index is 11.8. The number of aromatic nitrogens is 3. The van der Waals surface area contributed by atoms with Gasteiger partial charge in [-0.15, -0.1) is 0 Å². The SMILES string of the molecule is CCc1noc(CN2CCc3[nH]c4ccc(C(=O)OC)cc4c3C2)n1. The molecular weight excluding hydrogens is 320 g/mol. The number of fused-ring (bicyclic) bond motifs is 3. The monoisotopic (exact) mass is 340 g/mol. The minimum Gasteiger partial charge on any atom is -0.465 e. The summed E-state index contributed by atoms with van der Waals surface area (Å²) in [6.07, 6.45) is 1.69. The summed E-state index contributed by atoms with van der Waals surface area (Å²) in [5.74, 6) is 1.07. The summed E-state index contributed by atoms with van der Waals surface area (Å²) in [7, 11) is 1.40. The molecule has 0 unspecified atom stereocenters. The van der Waals surface area contributed by atoms with Gasteiger partial charge in [-0.05, 0) is 23.8 Å². The number of aryl methyl sites for hydroxylation is 1. The van der Waals surface area contributed by atoms with Crippen LogP contribution in [0.3, 0.4) is 0 Å². The molecule has 0 fully saturated rings. The topological polar surface area (TPSA) is 84.2 Å². The van der Waals surface area contributed by atoms with Crippen molar-refractivity contribution in [3.63, 3.8) is 0 Å². The van der Waals surface area contributed by atoms with Crippen LogP contribution in [0.2, 0.25) is 0 Å². The molecule has 0 bridgehead atoms. The molecule has 3 heterocycles. The van der Waals surface area contributed by atoms with Crippen LogP contribution in [0.1, 0.15) is 40.3 Å². The number of rotatable bonds is 4. The number of hydrogen-bond acceptors (Lipinski definition) is 6. The molecule has 2 aromatic heterocycles. The average molecular weight is 340 g/mol. The predicted molar refractivity (Wildman–Crippen MR) is 91.1 cm³/mol. The lowest BCUT2D eigenvalue weighted by Crippen LogP contribution is -2.29. The average Bonchev–Trinajstić information content (AvgIpc) is 3.24. The second-order valence-electron chi connectivity index (χ2n) is 6.25. The molecule has 130 valence electrons. The zero-order valence-electron chi connectivity index (χ0n) is 14.3. The molecule has 0 aliphatic carbocycles. The number of H-pyrrole nitrogens is 1. The van der Waals surface area contributed by atoms with E-state index in [1.807, 2.05) is 19.1 Å². The molecule has 0 spiro atoms. The van der Waals surface area contributed by atoms with Gasteiger partial charge in [-0.1, -0.05) is 12.1 Å². The Hall–Kier alpha value is -2.67. The highest BCUT2D eigenvalue weighted by Crippen LogP contribution is 2.29. The van der Waals surface area contributed by atoms with Crippen LogP contribution in [0.4, 0.5) is 0 Å². The van der Waals surface area contributed by atoms with Gasteiger partial charge in [0.15, 0.2) is 5.82 Å². The lowest BCUT2D eigenvalue weighted by molar-refractivity contribution is 0.0601. The number of esters is 1. The first-order chi connectivity index (χ1) is 12.2. The Balaban J connectivity index is 1.61. The number of nitrogens with one attached hydrogen (secondary N) is 1. The molecule has 3 aromatic rings. The van der Waals surface area contributed by atoms with Gasteiger partial charge in [-0.25, -0.2) is 4.79 Å². The first-order valence-corrected chi connectivity index (χ1v) is 8.43. The maximum Gasteiger partial charge on any atom is 0.337 e. The summed E-state index contributed by atoms with van der Waals surface area (Å²) >= 11 is 0. The van der Waals surface area contributed by atoms with Crippen LogP contribution >= 0.6 is 0 Å². The maximum atomic E-state index is 11.8. The fourth-order valence-corrected chi connectivity index (χ4v) is 3.34. The summed E-state index contributed by atoms with van der Waals surface area (Å²) in [5, 5.41) is 5.03. The standard InChI is InChI=1S/C18H20N4O3/c1-3-16-20-17(25-21-16)10-22-7-6-15-13(9-22)12-8-11(18(23)24-2)4-5-14(12)19-15/h4-5,8,19H,3,6-7,9-10H2,1-2H3.